The highest BCUT2D eigenvalue weighted by Gasteiger charge is 2.04. The molecule has 3 nitrogen and oxygen atoms in total. The van der Waals surface area contributed by atoms with Gasteiger partial charge in [-0.3, -0.25) is 4.98 Å². The minimum Gasteiger partial charge on any atom is -0.356 e. The van der Waals surface area contributed by atoms with Crippen molar-refractivity contribution < 1.29 is 4.52 Å². The van der Waals surface area contributed by atoms with Gasteiger partial charge >= 0.3 is 0 Å². The lowest BCUT2D eigenvalue weighted by atomic mass is 10.2. The van der Waals surface area contributed by atoms with Gasteiger partial charge in [0.1, 0.15) is 0 Å². The standard InChI is InChI=1S/C9H7BrN2O/c10-6-8-5-9(13-12-8)7-1-3-11-4-2-7/h1-5H,6H2. The van der Waals surface area contributed by atoms with Gasteiger partial charge in [-0.2, -0.15) is 0 Å². The number of alkyl halides is 1. The summed E-state index contributed by atoms with van der Waals surface area (Å²) in [7, 11) is 0. The molecule has 0 aliphatic carbocycles. The van der Waals surface area contributed by atoms with E-state index in [0.29, 0.717) is 5.33 Å². The van der Waals surface area contributed by atoms with Crippen LogP contribution in [-0.2, 0) is 5.33 Å². The van der Waals surface area contributed by atoms with Crippen molar-refractivity contribution in [3.05, 3.63) is 36.3 Å². The number of rotatable bonds is 2. The summed E-state index contributed by atoms with van der Waals surface area (Å²) in [6.45, 7) is 0. The number of halogens is 1. The first kappa shape index (κ1) is 8.44. The Morgan fingerprint density at radius 3 is 2.69 bits per heavy atom. The molecule has 2 aromatic rings. The van der Waals surface area contributed by atoms with E-state index in [2.05, 4.69) is 26.1 Å². The SMILES string of the molecule is BrCc1cc(-c2ccncc2)on1. The maximum absolute atomic E-state index is 5.13. The van der Waals surface area contributed by atoms with E-state index >= 15 is 0 Å². The van der Waals surface area contributed by atoms with Gasteiger partial charge in [-0.15, -0.1) is 0 Å². The van der Waals surface area contributed by atoms with Gasteiger partial charge in [-0.1, -0.05) is 21.1 Å². The summed E-state index contributed by atoms with van der Waals surface area (Å²) < 4.78 is 5.13. The summed E-state index contributed by atoms with van der Waals surface area (Å²) in [6, 6.07) is 5.68. The summed E-state index contributed by atoms with van der Waals surface area (Å²) in [4.78, 5) is 3.93. The zero-order valence-corrected chi connectivity index (χ0v) is 8.36. The Bertz CT molecular complexity index is 386. The van der Waals surface area contributed by atoms with Crippen LogP contribution in [0.1, 0.15) is 5.69 Å². The lowest BCUT2D eigenvalue weighted by Crippen LogP contribution is -1.73. The fraction of sp³-hybridized carbons (Fsp3) is 0.111. The molecule has 0 amide bonds. The van der Waals surface area contributed by atoms with Gasteiger partial charge in [0.25, 0.3) is 0 Å². The third kappa shape index (κ3) is 1.78. The second kappa shape index (κ2) is 3.70. The highest BCUT2D eigenvalue weighted by molar-refractivity contribution is 9.08. The average molecular weight is 239 g/mol. The Morgan fingerprint density at radius 2 is 2.08 bits per heavy atom. The molecular formula is C9H7BrN2O. The van der Waals surface area contributed by atoms with E-state index in [9.17, 15) is 0 Å². The molecule has 2 aromatic heterocycles. The predicted octanol–water partition coefficient (Wildman–Crippen LogP) is 2.63. The lowest BCUT2D eigenvalue weighted by molar-refractivity contribution is 0.426. The zero-order chi connectivity index (χ0) is 9.10. The second-order valence-corrected chi connectivity index (χ2v) is 3.11. The van der Waals surface area contributed by atoms with E-state index in [1.807, 2.05) is 18.2 Å². The van der Waals surface area contributed by atoms with Crippen molar-refractivity contribution in [2.75, 3.05) is 0 Å². The van der Waals surface area contributed by atoms with E-state index in [1.54, 1.807) is 12.4 Å². The number of hydrogen-bond donors (Lipinski definition) is 0. The molecule has 13 heavy (non-hydrogen) atoms. The Hall–Kier alpha value is -1.16. The number of aromatic nitrogens is 2. The molecule has 0 aliphatic heterocycles. The van der Waals surface area contributed by atoms with Gasteiger partial charge in [0, 0.05) is 29.4 Å². The van der Waals surface area contributed by atoms with Crippen molar-refractivity contribution in [1.82, 2.24) is 10.1 Å². The zero-order valence-electron chi connectivity index (χ0n) is 6.77. The maximum Gasteiger partial charge on any atom is 0.167 e. The van der Waals surface area contributed by atoms with Crippen molar-refractivity contribution in [2.45, 2.75) is 5.33 Å². The summed E-state index contributed by atoms with van der Waals surface area (Å²) in [5, 5.41) is 4.58. The number of hydrogen-bond acceptors (Lipinski definition) is 3. The molecule has 4 heteroatoms. The van der Waals surface area contributed by atoms with Crippen LogP contribution in [0.2, 0.25) is 0 Å². The molecule has 66 valence electrons. The highest BCUT2D eigenvalue weighted by atomic mass is 79.9. The normalized spacial score (nSPS) is 10.2. The second-order valence-electron chi connectivity index (χ2n) is 2.55. The van der Waals surface area contributed by atoms with E-state index in [1.165, 1.54) is 0 Å². The topological polar surface area (TPSA) is 38.9 Å². The third-order valence-electron chi connectivity index (χ3n) is 1.66. The monoisotopic (exact) mass is 238 g/mol. The van der Waals surface area contributed by atoms with Gasteiger partial charge in [0.05, 0.1) is 5.69 Å². The molecule has 0 unspecified atom stereocenters. The molecule has 0 bridgehead atoms. The first-order valence-electron chi connectivity index (χ1n) is 3.82. The van der Waals surface area contributed by atoms with Crippen molar-refractivity contribution in [1.29, 1.82) is 0 Å². The van der Waals surface area contributed by atoms with E-state index in [-0.39, 0.29) is 0 Å². The summed E-state index contributed by atoms with van der Waals surface area (Å²) in [5.74, 6) is 0.775. The van der Waals surface area contributed by atoms with Crippen LogP contribution in [0.5, 0.6) is 0 Å². The predicted molar refractivity (Wildman–Crippen MR) is 52.4 cm³/mol. The van der Waals surface area contributed by atoms with Crippen LogP contribution in [0.3, 0.4) is 0 Å². The number of nitrogens with zero attached hydrogens (tertiary/aromatic N) is 2. The maximum atomic E-state index is 5.13. The van der Waals surface area contributed by atoms with Gasteiger partial charge in [0.2, 0.25) is 0 Å². The van der Waals surface area contributed by atoms with Gasteiger partial charge in [0.15, 0.2) is 5.76 Å². The highest BCUT2D eigenvalue weighted by Crippen LogP contribution is 2.19. The fourth-order valence-corrected chi connectivity index (χ4v) is 1.29. The third-order valence-corrected chi connectivity index (χ3v) is 2.24. The van der Waals surface area contributed by atoms with Gasteiger partial charge < -0.3 is 4.52 Å². The van der Waals surface area contributed by atoms with Crippen LogP contribution in [0.25, 0.3) is 11.3 Å². The lowest BCUT2D eigenvalue weighted by Gasteiger charge is -1.90. The van der Waals surface area contributed by atoms with Crippen LogP contribution >= 0.6 is 15.9 Å². The Morgan fingerprint density at radius 1 is 1.31 bits per heavy atom. The van der Waals surface area contributed by atoms with Crippen LogP contribution < -0.4 is 0 Å². The Balaban J connectivity index is 2.36. The minimum atomic E-state index is 0.710. The van der Waals surface area contributed by atoms with E-state index in [0.717, 1.165) is 17.0 Å². The first-order valence-corrected chi connectivity index (χ1v) is 4.94. The molecule has 0 saturated heterocycles. The fourth-order valence-electron chi connectivity index (χ4n) is 1.03. The Kier molecular flexibility index (Phi) is 2.40. The molecule has 0 spiro atoms. The summed E-state index contributed by atoms with van der Waals surface area (Å²) in [6.07, 6.45) is 3.46. The molecule has 0 aliphatic rings. The molecule has 0 N–H and O–H groups in total. The first-order chi connectivity index (χ1) is 6.40. The van der Waals surface area contributed by atoms with E-state index in [4.69, 9.17) is 4.52 Å². The largest absolute Gasteiger partial charge is 0.356 e. The van der Waals surface area contributed by atoms with Crippen LogP contribution in [0, 0.1) is 0 Å². The van der Waals surface area contributed by atoms with Crippen LogP contribution in [0.4, 0.5) is 0 Å². The van der Waals surface area contributed by atoms with Crippen molar-refractivity contribution >= 4 is 15.9 Å². The van der Waals surface area contributed by atoms with Crippen molar-refractivity contribution in [3.8, 4) is 11.3 Å². The molecule has 0 saturated carbocycles. The summed E-state index contributed by atoms with van der Waals surface area (Å²) in [5.41, 5.74) is 1.89. The van der Waals surface area contributed by atoms with Gasteiger partial charge in [-0.05, 0) is 12.1 Å². The van der Waals surface area contributed by atoms with Crippen molar-refractivity contribution in [3.63, 3.8) is 0 Å². The number of pyridine rings is 1. The molecule has 0 radical (unpaired) electrons. The molecule has 0 atom stereocenters. The smallest absolute Gasteiger partial charge is 0.167 e. The Labute approximate surface area is 83.9 Å². The van der Waals surface area contributed by atoms with E-state index < -0.39 is 0 Å². The molecular weight excluding hydrogens is 232 g/mol. The molecule has 0 aromatic carbocycles. The molecule has 2 heterocycles. The average Bonchev–Trinajstić information content (AvgIpc) is 2.67. The molecule has 0 fully saturated rings. The quantitative estimate of drug-likeness (QED) is 0.756. The molecule has 2 rings (SSSR count). The van der Waals surface area contributed by atoms with Crippen molar-refractivity contribution in [2.24, 2.45) is 0 Å². The summed E-state index contributed by atoms with van der Waals surface area (Å²) >= 11 is 3.31. The van der Waals surface area contributed by atoms with Crippen LogP contribution in [-0.4, -0.2) is 10.1 Å². The minimum absolute atomic E-state index is 0.710. The van der Waals surface area contributed by atoms with Crippen LogP contribution in [0.15, 0.2) is 35.1 Å². The van der Waals surface area contributed by atoms with Gasteiger partial charge in [-0.25, -0.2) is 0 Å².